The van der Waals surface area contributed by atoms with E-state index in [9.17, 15) is 22.0 Å². The summed E-state index contributed by atoms with van der Waals surface area (Å²) in [4.78, 5) is 10.5. The van der Waals surface area contributed by atoms with Crippen molar-refractivity contribution >= 4 is 27.5 Å². The first-order valence-electron chi connectivity index (χ1n) is 6.14. The van der Waals surface area contributed by atoms with Crippen molar-refractivity contribution in [1.82, 2.24) is 8.68 Å². The number of carboxylic acids is 1. The quantitative estimate of drug-likeness (QED) is 0.906. The third-order valence-electron chi connectivity index (χ3n) is 3.63. The first kappa shape index (κ1) is 16.2. The summed E-state index contributed by atoms with van der Waals surface area (Å²) in [6, 6.07) is 0. The van der Waals surface area contributed by atoms with Gasteiger partial charge in [0.25, 0.3) is 5.92 Å². The van der Waals surface area contributed by atoms with Crippen molar-refractivity contribution < 1.29 is 27.1 Å². The van der Waals surface area contributed by atoms with Gasteiger partial charge in [0, 0.05) is 30.3 Å². The molecule has 1 saturated heterocycles. The molecule has 1 N–H and O–H groups in total. The third-order valence-corrected chi connectivity index (χ3v) is 6.25. The number of halogens is 2. The first-order valence-corrected chi connectivity index (χ1v) is 8.41. The largest absolute Gasteiger partial charge is 0.476 e. The zero-order chi connectivity index (χ0) is 16.0. The number of piperidine rings is 1. The molecular weight excluding hydrogens is 326 g/mol. The van der Waals surface area contributed by atoms with Gasteiger partial charge in [0.2, 0.25) is 10.0 Å². The molecule has 0 saturated carbocycles. The molecule has 0 radical (unpaired) electrons. The van der Waals surface area contributed by atoms with E-state index in [4.69, 9.17) is 5.11 Å². The molecule has 1 aromatic rings. The highest BCUT2D eigenvalue weighted by Crippen LogP contribution is 2.39. The summed E-state index contributed by atoms with van der Waals surface area (Å²) in [5.74, 6) is -6.70. The predicted molar refractivity (Wildman–Crippen MR) is 71.1 cm³/mol. The molecule has 0 aromatic carbocycles. The van der Waals surface area contributed by atoms with Gasteiger partial charge in [-0.3, -0.25) is 0 Å². The molecule has 10 heteroatoms. The highest BCUT2D eigenvalue weighted by Gasteiger charge is 2.50. The summed E-state index contributed by atoms with van der Waals surface area (Å²) in [6.07, 6.45) is 0. The number of alkyl halides is 2. The molecule has 0 spiro atoms. The Morgan fingerprint density at radius 3 is 2.43 bits per heavy atom. The van der Waals surface area contributed by atoms with Crippen molar-refractivity contribution in [3.63, 3.8) is 0 Å². The number of carbonyl (C=O) groups is 1. The second-order valence-electron chi connectivity index (χ2n) is 5.13. The Bertz CT molecular complexity index is 645. The number of rotatable bonds is 3. The van der Waals surface area contributed by atoms with E-state index in [-0.39, 0.29) is 13.1 Å². The Hall–Kier alpha value is -1.13. The summed E-state index contributed by atoms with van der Waals surface area (Å²) in [7, 11) is -4.14. The van der Waals surface area contributed by atoms with Crippen LogP contribution in [-0.2, 0) is 10.0 Å². The minimum absolute atomic E-state index is 0.353. The molecular formula is C11H14F2N2O4S2. The zero-order valence-electron chi connectivity index (χ0n) is 11.3. The molecule has 2 unspecified atom stereocenters. The topological polar surface area (TPSA) is 87.6 Å². The maximum Gasteiger partial charge on any atom is 0.357 e. The van der Waals surface area contributed by atoms with E-state index in [1.54, 1.807) is 0 Å². The summed E-state index contributed by atoms with van der Waals surface area (Å²) < 4.78 is 56.9. The summed E-state index contributed by atoms with van der Waals surface area (Å²) in [5.41, 5.74) is -0.572. The van der Waals surface area contributed by atoms with Gasteiger partial charge in [0.05, 0.1) is 0 Å². The lowest BCUT2D eigenvalue weighted by molar-refractivity contribution is -0.126. The molecule has 1 fully saturated rings. The second kappa shape index (κ2) is 5.25. The van der Waals surface area contributed by atoms with Gasteiger partial charge in [0.15, 0.2) is 5.69 Å². The predicted octanol–water partition coefficient (Wildman–Crippen LogP) is 1.75. The van der Waals surface area contributed by atoms with Gasteiger partial charge >= 0.3 is 5.97 Å². The Morgan fingerprint density at radius 1 is 1.43 bits per heavy atom. The van der Waals surface area contributed by atoms with Crippen molar-refractivity contribution in [3.8, 4) is 0 Å². The minimum atomic E-state index is -4.14. The van der Waals surface area contributed by atoms with Crippen molar-refractivity contribution in [2.24, 2.45) is 11.8 Å². The molecule has 118 valence electrons. The van der Waals surface area contributed by atoms with Crippen LogP contribution >= 0.6 is 11.5 Å². The van der Waals surface area contributed by atoms with Crippen molar-refractivity contribution in [1.29, 1.82) is 0 Å². The molecule has 6 nitrogen and oxygen atoms in total. The maximum atomic E-state index is 13.8. The highest BCUT2D eigenvalue weighted by molar-refractivity contribution is 7.89. The van der Waals surface area contributed by atoms with Crippen molar-refractivity contribution in [2.75, 3.05) is 13.1 Å². The van der Waals surface area contributed by atoms with E-state index in [1.807, 2.05) is 0 Å². The Kier molecular flexibility index (Phi) is 4.06. The normalized spacial score (nSPS) is 26.7. The van der Waals surface area contributed by atoms with E-state index >= 15 is 0 Å². The molecule has 1 aliphatic rings. The summed E-state index contributed by atoms with van der Waals surface area (Å²) >= 11 is 0.702. The lowest BCUT2D eigenvalue weighted by atomic mass is 9.88. The standard InChI is InChI=1S/C11H14F2N2O4S2/c1-6-3-15(4-7(2)11(6,12)13)21(18,19)8-5-20-14-9(8)10(16)17/h5-7H,3-4H2,1-2H3,(H,16,17). The van der Waals surface area contributed by atoms with E-state index < -0.39 is 44.3 Å². The number of hydrogen-bond acceptors (Lipinski definition) is 5. The third kappa shape index (κ3) is 2.67. The Balaban J connectivity index is 2.37. The Morgan fingerprint density at radius 2 is 1.95 bits per heavy atom. The molecule has 21 heavy (non-hydrogen) atoms. The van der Waals surface area contributed by atoms with Gasteiger partial charge in [-0.2, -0.15) is 8.68 Å². The fourth-order valence-corrected chi connectivity index (χ4v) is 5.02. The molecule has 0 amide bonds. The van der Waals surface area contributed by atoms with Gasteiger partial charge in [-0.25, -0.2) is 22.0 Å². The number of carboxylic acid groups (broad SMARTS) is 1. The van der Waals surface area contributed by atoms with E-state index in [1.165, 1.54) is 13.8 Å². The van der Waals surface area contributed by atoms with Crippen LogP contribution in [0.25, 0.3) is 0 Å². The van der Waals surface area contributed by atoms with E-state index in [2.05, 4.69) is 4.37 Å². The fraction of sp³-hybridized carbons (Fsp3) is 0.636. The van der Waals surface area contributed by atoms with Crippen LogP contribution in [0.3, 0.4) is 0 Å². The average molecular weight is 340 g/mol. The number of hydrogen-bond donors (Lipinski definition) is 1. The van der Waals surface area contributed by atoms with Gasteiger partial charge in [0.1, 0.15) is 4.90 Å². The van der Waals surface area contributed by atoms with Crippen LogP contribution in [0.5, 0.6) is 0 Å². The highest BCUT2D eigenvalue weighted by atomic mass is 32.2. The van der Waals surface area contributed by atoms with Crippen LogP contribution in [0.1, 0.15) is 24.3 Å². The monoisotopic (exact) mass is 340 g/mol. The molecule has 0 aliphatic carbocycles. The number of nitrogens with zero attached hydrogens (tertiary/aromatic N) is 2. The lowest BCUT2D eigenvalue weighted by Crippen LogP contribution is -2.53. The number of aromatic carboxylic acids is 1. The van der Waals surface area contributed by atoms with E-state index in [0.717, 1.165) is 9.69 Å². The van der Waals surface area contributed by atoms with Crippen molar-refractivity contribution in [3.05, 3.63) is 11.1 Å². The smallest absolute Gasteiger partial charge is 0.357 e. The second-order valence-corrected chi connectivity index (χ2v) is 7.67. The van der Waals surface area contributed by atoms with Crippen molar-refractivity contribution in [2.45, 2.75) is 24.7 Å². The SMILES string of the molecule is CC1CN(S(=O)(=O)c2csnc2C(=O)O)CC(C)C1(F)F. The molecule has 2 heterocycles. The van der Waals surface area contributed by atoms with Gasteiger partial charge in [-0.05, 0) is 11.5 Å². The fourth-order valence-electron chi connectivity index (χ4n) is 2.31. The van der Waals surface area contributed by atoms with E-state index in [0.29, 0.717) is 11.5 Å². The molecule has 0 bridgehead atoms. The van der Waals surface area contributed by atoms with Crippen LogP contribution in [0.2, 0.25) is 0 Å². The average Bonchev–Trinajstić information content (AvgIpc) is 2.85. The summed E-state index contributed by atoms with van der Waals surface area (Å²) in [5, 5.41) is 10.1. The molecule has 2 atom stereocenters. The van der Waals surface area contributed by atoms with Gasteiger partial charge in [-0.15, -0.1) is 0 Å². The van der Waals surface area contributed by atoms with Gasteiger partial charge < -0.3 is 5.11 Å². The number of sulfonamides is 1. The molecule has 2 rings (SSSR count). The lowest BCUT2D eigenvalue weighted by Gasteiger charge is -2.40. The van der Waals surface area contributed by atoms with Gasteiger partial charge in [-0.1, -0.05) is 13.8 Å². The van der Waals surface area contributed by atoms with Crippen LogP contribution in [0.15, 0.2) is 10.3 Å². The van der Waals surface area contributed by atoms with Crippen LogP contribution in [0, 0.1) is 11.8 Å². The zero-order valence-corrected chi connectivity index (χ0v) is 12.9. The maximum absolute atomic E-state index is 13.8. The van der Waals surface area contributed by atoms with Crippen LogP contribution in [-0.4, -0.2) is 47.2 Å². The summed E-state index contributed by atoms with van der Waals surface area (Å²) in [6.45, 7) is 1.85. The number of aromatic nitrogens is 1. The van der Waals surface area contributed by atoms with Crippen LogP contribution in [0.4, 0.5) is 8.78 Å². The Labute approximate surface area is 124 Å². The molecule has 1 aromatic heterocycles. The first-order chi connectivity index (χ1) is 9.58. The minimum Gasteiger partial charge on any atom is -0.476 e. The molecule has 1 aliphatic heterocycles. The van der Waals surface area contributed by atoms with Crippen LogP contribution < -0.4 is 0 Å².